The second kappa shape index (κ2) is 15.5. The first kappa shape index (κ1) is 22.4. The summed E-state index contributed by atoms with van der Waals surface area (Å²) < 4.78 is 0. The normalized spacial score (nSPS) is 14.7. The van der Waals surface area contributed by atoms with Crippen LogP contribution < -0.4 is 12.4 Å². The van der Waals surface area contributed by atoms with Crippen molar-refractivity contribution in [3.8, 4) is 0 Å². The van der Waals surface area contributed by atoms with Crippen LogP contribution in [-0.4, -0.2) is 0 Å². The third-order valence-electron chi connectivity index (χ3n) is 3.13. The Morgan fingerprint density at radius 2 is 1.30 bits per heavy atom. The zero-order valence-corrected chi connectivity index (χ0v) is 17.2. The molecule has 0 fully saturated rings. The van der Waals surface area contributed by atoms with Crippen molar-refractivity contribution >= 4 is 0 Å². The van der Waals surface area contributed by atoms with Gasteiger partial charge in [-0.25, -0.2) is 23.3 Å². The maximum absolute atomic E-state index is 3.30. The second-order valence-electron chi connectivity index (χ2n) is 4.82. The minimum absolute atomic E-state index is 0. The SMILES string of the molecule is CCCCC1=[C-]CC=C1.CCCCC1=[C-]CC=C1.[Cl-].[H-].[Hf+4]. The molecule has 20 heavy (non-hydrogen) atoms. The largest absolute Gasteiger partial charge is 4.00 e. The molecule has 2 rings (SSSR count). The monoisotopic (exact) mass is 458 g/mol. The predicted octanol–water partition coefficient (Wildman–Crippen LogP) is 2.85. The van der Waals surface area contributed by atoms with Gasteiger partial charge in [-0.1, -0.05) is 52.4 Å². The van der Waals surface area contributed by atoms with E-state index in [9.17, 15) is 0 Å². The number of halogens is 1. The van der Waals surface area contributed by atoms with Gasteiger partial charge in [0.1, 0.15) is 0 Å². The molecular weight excluding hydrogens is 430 g/mol. The Bertz CT molecular complexity index is 309. The maximum Gasteiger partial charge on any atom is 4.00 e. The van der Waals surface area contributed by atoms with E-state index in [0.29, 0.717) is 0 Å². The first-order valence-electron chi connectivity index (χ1n) is 7.39. The summed E-state index contributed by atoms with van der Waals surface area (Å²) in [6, 6.07) is 0. The molecule has 0 saturated heterocycles. The van der Waals surface area contributed by atoms with Gasteiger partial charge in [0.25, 0.3) is 0 Å². The van der Waals surface area contributed by atoms with Crippen LogP contribution in [0.5, 0.6) is 0 Å². The molecule has 0 amide bonds. The Morgan fingerprint density at radius 1 is 0.900 bits per heavy atom. The van der Waals surface area contributed by atoms with Gasteiger partial charge >= 0.3 is 25.8 Å². The fourth-order valence-corrected chi connectivity index (χ4v) is 1.98. The molecule has 0 spiro atoms. The zero-order chi connectivity index (χ0) is 13.1. The molecule has 110 valence electrons. The van der Waals surface area contributed by atoms with E-state index >= 15 is 0 Å². The summed E-state index contributed by atoms with van der Waals surface area (Å²) in [5.74, 6) is 0. The molecule has 0 radical (unpaired) electrons. The Morgan fingerprint density at radius 3 is 1.55 bits per heavy atom. The smallest absolute Gasteiger partial charge is 1.00 e. The van der Waals surface area contributed by atoms with E-state index in [2.05, 4.69) is 50.3 Å². The second-order valence-corrected chi connectivity index (χ2v) is 4.82. The summed E-state index contributed by atoms with van der Waals surface area (Å²) in [6.07, 6.45) is 25.1. The van der Waals surface area contributed by atoms with E-state index in [4.69, 9.17) is 0 Å². The van der Waals surface area contributed by atoms with Crippen molar-refractivity contribution in [2.24, 2.45) is 0 Å². The molecule has 0 nitrogen and oxygen atoms in total. The van der Waals surface area contributed by atoms with Crippen LogP contribution in [0.2, 0.25) is 0 Å². The number of rotatable bonds is 6. The minimum Gasteiger partial charge on any atom is -1.00 e. The van der Waals surface area contributed by atoms with Gasteiger partial charge in [0.05, 0.1) is 0 Å². The predicted molar refractivity (Wildman–Crippen MR) is 81.2 cm³/mol. The molecule has 0 aromatic rings. The van der Waals surface area contributed by atoms with Crippen LogP contribution in [0.4, 0.5) is 0 Å². The molecule has 0 aliphatic heterocycles. The summed E-state index contributed by atoms with van der Waals surface area (Å²) in [5, 5.41) is 0. The molecule has 0 bridgehead atoms. The average Bonchev–Trinajstić information content (AvgIpc) is 3.07. The molecule has 0 aromatic heterocycles. The van der Waals surface area contributed by atoms with Gasteiger partial charge in [0, 0.05) is 0 Å². The van der Waals surface area contributed by atoms with E-state index in [1.807, 2.05) is 0 Å². The Kier molecular flexibility index (Phi) is 17.4. The van der Waals surface area contributed by atoms with E-state index in [-0.39, 0.29) is 39.7 Å². The number of unbranched alkanes of at least 4 members (excludes halogenated alkanes) is 2. The fourth-order valence-electron chi connectivity index (χ4n) is 1.98. The molecule has 0 heterocycles. The van der Waals surface area contributed by atoms with Crippen molar-refractivity contribution in [3.05, 3.63) is 47.6 Å². The van der Waals surface area contributed by atoms with Crippen molar-refractivity contribution in [3.63, 3.8) is 0 Å². The fraction of sp³-hybridized carbons (Fsp3) is 0.556. The molecule has 0 atom stereocenters. The van der Waals surface area contributed by atoms with Gasteiger partial charge in [0.15, 0.2) is 0 Å². The first-order chi connectivity index (χ1) is 8.86. The van der Waals surface area contributed by atoms with Gasteiger partial charge in [-0.3, -0.25) is 12.2 Å². The number of hydrogen-bond acceptors (Lipinski definition) is 0. The summed E-state index contributed by atoms with van der Waals surface area (Å²) >= 11 is 0. The number of allylic oxidation sites excluding steroid dienone is 8. The summed E-state index contributed by atoms with van der Waals surface area (Å²) in [5.41, 5.74) is 2.83. The van der Waals surface area contributed by atoms with Gasteiger partial charge in [-0.15, -0.1) is 12.8 Å². The van der Waals surface area contributed by atoms with Crippen molar-refractivity contribution in [1.29, 1.82) is 0 Å². The Hall–Kier alpha value is 0.120. The average molecular weight is 457 g/mol. The Labute approximate surface area is 152 Å². The molecule has 0 unspecified atom stereocenters. The van der Waals surface area contributed by atoms with Crippen LogP contribution in [0.25, 0.3) is 0 Å². The van der Waals surface area contributed by atoms with Crippen molar-refractivity contribution in [2.75, 3.05) is 0 Å². The molecule has 0 saturated carbocycles. The van der Waals surface area contributed by atoms with Crippen molar-refractivity contribution in [2.45, 2.75) is 65.2 Å². The molecule has 0 N–H and O–H groups in total. The van der Waals surface area contributed by atoms with Crippen molar-refractivity contribution in [1.82, 2.24) is 0 Å². The van der Waals surface area contributed by atoms with Gasteiger partial charge in [-0.2, -0.15) is 12.2 Å². The topological polar surface area (TPSA) is 0 Å². The van der Waals surface area contributed by atoms with E-state index in [0.717, 1.165) is 12.8 Å². The summed E-state index contributed by atoms with van der Waals surface area (Å²) in [7, 11) is 0. The molecule has 2 aliphatic rings. The van der Waals surface area contributed by atoms with Gasteiger partial charge in [-0.05, 0) is 0 Å². The van der Waals surface area contributed by atoms with Gasteiger partial charge in [0.2, 0.25) is 0 Å². The molecule has 2 aliphatic carbocycles. The molecular formula is C18H27ClHf. The third-order valence-corrected chi connectivity index (χ3v) is 3.13. The summed E-state index contributed by atoms with van der Waals surface area (Å²) in [4.78, 5) is 0. The third kappa shape index (κ3) is 10.9. The minimum atomic E-state index is 0. The Balaban J connectivity index is -0.000000270. The first-order valence-corrected chi connectivity index (χ1v) is 7.39. The van der Waals surface area contributed by atoms with Crippen LogP contribution in [0, 0.1) is 12.2 Å². The maximum atomic E-state index is 3.30. The van der Waals surface area contributed by atoms with Crippen molar-refractivity contribution < 1.29 is 39.7 Å². The van der Waals surface area contributed by atoms with Crippen LogP contribution >= 0.6 is 0 Å². The molecule has 0 aromatic carbocycles. The summed E-state index contributed by atoms with van der Waals surface area (Å²) in [6.45, 7) is 4.44. The van der Waals surface area contributed by atoms with E-state index in [1.54, 1.807) is 0 Å². The number of hydrogen-bond donors (Lipinski definition) is 0. The standard InChI is InChI=1S/2C9H13.ClH.Hf.H/c2*1-2-3-6-9-7-4-5-8-9;;;/h2*4,7H,2-3,5-6H2,1H3;1H;;/q2*-1;;+4;-1/p-1. The molecule has 2 heteroatoms. The van der Waals surface area contributed by atoms with Crippen LogP contribution in [0.3, 0.4) is 0 Å². The quantitative estimate of drug-likeness (QED) is 0.425. The van der Waals surface area contributed by atoms with E-state index < -0.39 is 0 Å². The zero-order valence-electron chi connectivity index (χ0n) is 13.8. The van der Waals surface area contributed by atoms with Crippen LogP contribution in [-0.2, 0) is 25.8 Å². The van der Waals surface area contributed by atoms with E-state index in [1.165, 1.54) is 49.7 Å². The van der Waals surface area contributed by atoms with Crippen LogP contribution in [0.1, 0.15) is 66.6 Å². The van der Waals surface area contributed by atoms with Crippen LogP contribution in [0.15, 0.2) is 35.5 Å². The van der Waals surface area contributed by atoms with Gasteiger partial charge < -0.3 is 13.8 Å².